The molecule has 126 valence electrons. The van der Waals surface area contributed by atoms with Crippen LogP contribution < -0.4 is 5.32 Å². The van der Waals surface area contributed by atoms with Crippen LogP contribution in [0, 0.1) is 0 Å². The van der Waals surface area contributed by atoms with Gasteiger partial charge in [0, 0.05) is 5.69 Å². The van der Waals surface area contributed by atoms with Crippen molar-refractivity contribution in [2.45, 2.75) is 38.1 Å². The molecule has 3 aromatic rings. The van der Waals surface area contributed by atoms with Gasteiger partial charge >= 0.3 is 0 Å². The number of aliphatic hydroxyl groups is 1. The van der Waals surface area contributed by atoms with Crippen LogP contribution in [-0.4, -0.2) is 46.3 Å². The molecule has 0 saturated carbocycles. The van der Waals surface area contributed by atoms with E-state index in [1.165, 1.54) is 12.7 Å². The summed E-state index contributed by atoms with van der Waals surface area (Å²) in [7, 11) is 0. The first-order valence-electron chi connectivity index (χ1n) is 7.88. The van der Waals surface area contributed by atoms with E-state index in [9.17, 15) is 5.11 Å². The maximum absolute atomic E-state index is 11.4. The van der Waals surface area contributed by atoms with Gasteiger partial charge in [0.05, 0.1) is 19.1 Å². The molecule has 0 aliphatic heterocycles. The molecule has 8 heteroatoms. The van der Waals surface area contributed by atoms with Crippen LogP contribution >= 0.6 is 0 Å². The number of hydrogen-bond acceptors (Lipinski definition) is 6. The summed E-state index contributed by atoms with van der Waals surface area (Å²) in [5.41, 5.74) is -0.161. The second-order valence-corrected chi connectivity index (χ2v) is 5.76. The summed E-state index contributed by atoms with van der Waals surface area (Å²) in [6, 6.07) is 9.64. The fourth-order valence-corrected chi connectivity index (χ4v) is 2.81. The molecule has 24 heavy (non-hydrogen) atoms. The Hall–Kier alpha value is -2.74. The molecule has 3 rings (SSSR count). The van der Waals surface area contributed by atoms with Crippen molar-refractivity contribution in [1.82, 2.24) is 29.5 Å². The van der Waals surface area contributed by atoms with Gasteiger partial charge in [-0.05, 0) is 18.6 Å². The minimum Gasteiger partial charge on any atom is -0.384 e. The molecule has 0 fully saturated rings. The first-order chi connectivity index (χ1) is 11.7. The molecule has 0 radical (unpaired) electrons. The molecule has 8 nitrogen and oxygen atoms in total. The summed E-state index contributed by atoms with van der Waals surface area (Å²) in [6.07, 6.45) is 6.85. The second-order valence-electron chi connectivity index (χ2n) is 5.76. The van der Waals surface area contributed by atoms with Gasteiger partial charge in [-0.3, -0.25) is 0 Å². The zero-order valence-corrected chi connectivity index (χ0v) is 13.5. The number of nitrogens with zero attached hydrogens (tertiary/aromatic N) is 6. The Kier molecular flexibility index (Phi) is 4.85. The van der Waals surface area contributed by atoms with Gasteiger partial charge < -0.3 is 10.4 Å². The maximum Gasteiger partial charge on any atom is 0.137 e. The topological polar surface area (TPSA) is 93.7 Å². The van der Waals surface area contributed by atoms with E-state index in [1.807, 2.05) is 37.3 Å². The molecule has 0 spiro atoms. The van der Waals surface area contributed by atoms with E-state index in [0.717, 1.165) is 12.1 Å². The first kappa shape index (κ1) is 16.1. The molecule has 2 aromatic heterocycles. The minimum atomic E-state index is -1.12. The summed E-state index contributed by atoms with van der Waals surface area (Å²) >= 11 is 0. The number of para-hydroxylation sites is 1. The van der Waals surface area contributed by atoms with Crippen molar-refractivity contribution in [3.8, 4) is 0 Å². The fourth-order valence-electron chi connectivity index (χ4n) is 2.81. The van der Waals surface area contributed by atoms with Gasteiger partial charge in [-0.2, -0.15) is 10.2 Å². The molecule has 0 bridgehead atoms. The van der Waals surface area contributed by atoms with Crippen molar-refractivity contribution in [3.63, 3.8) is 0 Å². The van der Waals surface area contributed by atoms with Crippen molar-refractivity contribution in [2.75, 3.05) is 5.32 Å². The van der Waals surface area contributed by atoms with Gasteiger partial charge in [-0.15, -0.1) is 0 Å². The number of hydrogen-bond donors (Lipinski definition) is 2. The van der Waals surface area contributed by atoms with Crippen LogP contribution in [0.15, 0.2) is 55.6 Å². The Morgan fingerprint density at radius 2 is 1.62 bits per heavy atom. The Morgan fingerprint density at radius 3 is 2.08 bits per heavy atom. The maximum atomic E-state index is 11.4. The number of rotatable bonds is 8. The zero-order valence-electron chi connectivity index (χ0n) is 13.5. The Balaban J connectivity index is 1.85. The quantitative estimate of drug-likeness (QED) is 0.645. The van der Waals surface area contributed by atoms with E-state index in [-0.39, 0.29) is 6.04 Å². The molecular weight excluding hydrogens is 306 g/mol. The summed E-state index contributed by atoms with van der Waals surface area (Å²) in [5.74, 6) is 0. The predicted octanol–water partition coefficient (Wildman–Crippen LogP) is 1.19. The van der Waals surface area contributed by atoms with Crippen molar-refractivity contribution in [1.29, 1.82) is 0 Å². The van der Waals surface area contributed by atoms with E-state index in [4.69, 9.17) is 0 Å². The predicted molar refractivity (Wildman–Crippen MR) is 89.1 cm³/mol. The van der Waals surface area contributed by atoms with Gasteiger partial charge in [0.25, 0.3) is 0 Å². The third-order valence-corrected chi connectivity index (χ3v) is 3.98. The van der Waals surface area contributed by atoms with Crippen LogP contribution in [-0.2, 0) is 13.1 Å². The molecule has 0 saturated heterocycles. The standard InChI is InChI=1S/C16H21N7O/c1-2-15(21-14-6-4-3-5-7-14)16(24,8-22-12-17-10-19-22)9-23-13-18-11-20-23/h3-7,10-13,15,21,24H,2,8-9H2,1H3. The molecule has 1 atom stereocenters. The highest BCUT2D eigenvalue weighted by Gasteiger charge is 2.37. The van der Waals surface area contributed by atoms with E-state index >= 15 is 0 Å². The lowest BCUT2D eigenvalue weighted by atomic mass is 9.91. The lowest BCUT2D eigenvalue weighted by Crippen LogP contribution is -2.53. The minimum absolute atomic E-state index is 0.201. The molecule has 0 aliphatic rings. The Labute approximate surface area is 140 Å². The van der Waals surface area contributed by atoms with E-state index in [2.05, 4.69) is 25.5 Å². The van der Waals surface area contributed by atoms with Crippen molar-refractivity contribution >= 4 is 5.69 Å². The van der Waals surface area contributed by atoms with E-state index in [1.54, 1.807) is 22.0 Å². The average molecular weight is 327 g/mol. The van der Waals surface area contributed by atoms with Gasteiger partial charge in [-0.25, -0.2) is 19.3 Å². The van der Waals surface area contributed by atoms with Crippen LogP contribution in [0.5, 0.6) is 0 Å². The highest BCUT2D eigenvalue weighted by atomic mass is 16.3. The highest BCUT2D eigenvalue weighted by molar-refractivity contribution is 5.44. The Bertz CT molecular complexity index is 676. The van der Waals surface area contributed by atoms with Crippen LogP contribution in [0.3, 0.4) is 0 Å². The third kappa shape index (κ3) is 3.77. The summed E-state index contributed by atoms with van der Waals surface area (Å²) in [6.45, 7) is 2.63. The normalized spacial score (nSPS) is 12.9. The second kappa shape index (κ2) is 7.22. The largest absolute Gasteiger partial charge is 0.384 e. The fraction of sp³-hybridized carbons (Fsp3) is 0.375. The van der Waals surface area contributed by atoms with Crippen LogP contribution in [0.25, 0.3) is 0 Å². The van der Waals surface area contributed by atoms with Crippen LogP contribution in [0.2, 0.25) is 0 Å². The molecule has 1 unspecified atom stereocenters. The lowest BCUT2D eigenvalue weighted by Gasteiger charge is -2.36. The van der Waals surface area contributed by atoms with Crippen LogP contribution in [0.4, 0.5) is 5.69 Å². The third-order valence-electron chi connectivity index (χ3n) is 3.98. The first-order valence-corrected chi connectivity index (χ1v) is 7.88. The van der Waals surface area contributed by atoms with E-state index < -0.39 is 5.60 Å². The molecular formula is C16H21N7O. The molecule has 2 heterocycles. The molecule has 1 aromatic carbocycles. The van der Waals surface area contributed by atoms with Gasteiger partial charge in [0.2, 0.25) is 0 Å². The van der Waals surface area contributed by atoms with Gasteiger partial charge in [0.15, 0.2) is 0 Å². The summed E-state index contributed by atoms with van der Waals surface area (Å²) < 4.78 is 3.26. The number of aromatic nitrogens is 6. The van der Waals surface area contributed by atoms with Crippen molar-refractivity contribution in [2.24, 2.45) is 0 Å². The van der Waals surface area contributed by atoms with E-state index in [0.29, 0.717) is 13.1 Å². The SMILES string of the molecule is CCC(Nc1ccccc1)C(O)(Cn1cncn1)Cn1cncn1. The number of anilines is 1. The van der Waals surface area contributed by atoms with Crippen LogP contribution in [0.1, 0.15) is 13.3 Å². The van der Waals surface area contributed by atoms with Crippen molar-refractivity contribution in [3.05, 3.63) is 55.6 Å². The molecule has 0 aliphatic carbocycles. The molecule has 0 amide bonds. The Morgan fingerprint density at radius 1 is 1.04 bits per heavy atom. The highest BCUT2D eigenvalue weighted by Crippen LogP contribution is 2.23. The number of benzene rings is 1. The average Bonchev–Trinajstić information content (AvgIpc) is 3.27. The zero-order chi connectivity index (χ0) is 16.8. The summed E-state index contributed by atoms with van der Waals surface area (Å²) in [4.78, 5) is 7.92. The molecule has 2 N–H and O–H groups in total. The van der Waals surface area contributed by atoms with Gasteiger partial charge in [0.1, 0.15) is 30.9 Å². The summed E-state index contributed by atoms with van der Waals surface area (Å²) in [5, 5.41) is 23.1. The number of nitrogens with one attached hydrogen (secondary N) is 1. The lowest BCUT2D eigenvalue weighted by molar-refractivity contribution is -0.0187. The smallest absolute Gasteiger partial charge is 0.137 e. The van der Waals surface area contributed by atoms with Crippen molar-refractivity contribution < 1.29 is 5.11 Å². The monoisotopic (exact) mass is 327 g/mol. The van der Waals surface area contributed by atoms with Gasteiger partial charge in [-0.1, -0.05) is 25.1 Å².